The third-order valence-electron chi connectivity index (χ3n) is 4.64. The predicted molar refractivity (Wildman–Crippen MR) is 80.2 cm³/mol. The van der Waals surface area contributed by atoms with Gasteiger partial charge in [-0.05, 0) is 43.7 Å². The molecule has 20 heavy (non-hydrogen) atoms. The number of sulfonamides is 1. The summed E-state index contributed by atoms with van der Waals surface area (Å²) in [5, 5.41) is 9.82. The molecule has 0 spiro atoms. The first-order chi connectivity index (χ1) is 9.39. The molecule has 2 fully saturated rings. The monoisotopic (exact) mass is 359 g/mol. The molecule has 0 amide bonds. The number of aliphatic hydroxyl groups excluding tert-OH is 1. The van der Waals surface area contributed by atoms with Gasteiger partial charge in [-0.1, -0.05) is 34.1 Å². The van der Waals surface area contributed by atoms with Crippen LogP contribution in [0, 0.1) is 5.92 Å². The molecule has 1 aromatic rings. The first-order valence-electron chi connectivity index (χ1n) is 6.78. The molecule has 3 unspecified atom stereocenters. The van der Waals surface area contributed by atoms with Crippen LogP contribution in [0.25, 0.3) is 0 Å². The molecule has 2 N–H and O–H groups in total. The predicted octanol–water partition coefficient (Wildman–Crippen LogP) is 2.03. The van der Waals surface area contributed by atoms with Gasteiger partial charge in [0.25, 0.3) is 0 Å². The van der Waals surface area contributed by atoms with Crippen molar-refractivity contribution in [2.24, 2.45) is 5.92 Å². The fourth-order valence-corrected chi connectivity index (χ4v) is 6.28. The number of nitrogens with one attached hydrogen (secondary N) is 1. The van der Waals surface area contributed by atoms with Crippen molar-refractivity contribution in [3.63, 3.8) is 0 Å². The molecule has 0 radical (unpaired) electrons. The Kier molecular flexibility index (Phi) is 3.48. The van der Waals surface area contributed by atoms with Crippen molar-refractivity contribution in [2.45, 2.75) is 40.4 Å². The number of benzene rings is 1. The van der Waals surface area contributed by atoms with Gasteiger partial charge in [-0.3, -0.25) is 0 Å². The smallest absolute Gasteiger partial charge is 0.241 e. The topological polar surface area (TPSA) is 66.4 Å². The molecule has 2 aliphatic rings. The van der Waals surface area contributed by atoms with E-state index < -0.39 is 15.6 Å². The zero-order valence-electron chi connectivity index (χ0n) is 11.0. The Morgan fingerprint density at radius 3 is 2.55 bits per heavy atom. The molecular weight excluding hydrogens is 342 g/mol. The van der Waals surface area contributed by atoms with Gasteiger partial charge in [-0.2, -0.15) is 0 Å². The quantitative estimate of drug-likeness (QED) is 0.808. The van der Waals surface area contributed by atoms with Crippen LogP contribution in [-0.4, -0.2) is 30.0 Å². The molecule has 0 aliphatic heterocycles. The van der Waals surface area contributed by atoms with E-state index in [1.54, 1.807) is 30.3 Å². The van der Waals surface area contributed by atoms with Crippen LogP contribution in [-0.2, 0) is 10.0 Å². The highest BCUT2D eigenvalue weighted by atomic mass is 79.9. The number of rotatable bonds is 4. The summed E-state index contributed by atoms with van der Waals surface area (Å²) in [6.07, 6.45) is 3.56. The Balaban J connectivity index is 1.90. The minimum atomic E-state index is -3.59. The van der Waals surface area contributed by atoms with Gasteiger partial charge in [0.1, 0.15) is 0 Å². The second-order valence-electron chi connectivity index (χ2n) is 6.00. The third-order valence-corrected chi connectivity index (χ3v) is 7.21. The van der Waals surface area contributed by atoms with E-state index in [1.165, 1.54) is 0 Å². The largest absolute Gasteiger partial charge is 0.394 e. The summed E-state index contributed by atoms with van der Waals surface area (Å²) >= 11 is 3.72. The third kappa shape index (κ3) is 2.32. The van der Waals surface area contributed by atoms with Gasteiger partial charge in [-0.15, -0.1) is 0 Å². The van der Waals surface area contributed by atoms with Gasteiger partial charge in [-0.25, -0.2) is 13.1 Å². The standard InChI is InChI=1S/C14H18BrNO3S/c15-13-7-6-11(8-13)14(9-13,10-17)16-20(18,19)12-4-2-1-3-5-12/h1-5,11,16-17H,6-10H2. The van der Waals surface area contributed by atoms with Crippen molar-refractivity contribution in [2.75, 3.05) is 6.61 Å². The van der Waals surface area contributed by atoms with Crippen molar-refractivity contribution in [1.82, 2.24) is 4.72 Å². The Morgan fingerprint density at radius 2 is 2.05 bits per heavy atom. The number of hydrogen-bond donors (Lipinski definition) is 2. The minimum absolute atomic E-state index is 0.0143. The van der Waals surface area contributed by atoms with Gasteiger partial charge in [0, 0.05) is 4.32 Å². The molecule has 2 saturated carbocycles. The second-order valence-corrected chi connectivity index (χ2v) is 9.36. The number of aliphatic hydroxyl groups is 1. The molecule has 0 saturated heterocycles. The van der Waals surface area contributed by atoms with Crippen LogP contribution in [0.1, 0.15) is 25.7 Å². The molecule has 110 valence electrons. The molecule has 3 rings (SSSR count). The highest BCUT2D eigenvalue weighted by Gasteiger charge is 2.58. The van der Waals surface area contributed by atoms with Gasteiger partial charge in [0.2, 0.25) is 10.0 Å². The molecule has 0 aromatic heterocycles. The van der Waals surface area contributed by atoms with Crippen LogP contribution in [0.5, 0.6) is 0 Å². The molecule has 4 nitrogen and oxygen atoms in total. The summed E-state index contributed by atoms with van der Waals surface area (Å²) in [5.41, 5.74) is -0.726. The minimum Gasteiger partial charge on any atom is -0.394 e. The Morgan fingerprint density at radius 1 is 1.35 bits per heavy atom. The lowest BCUT2D eigenvalue weighted by Gasteiger charge is -2.38. The van der Waals surface area contributed by atoms with Gasteiger partial charge in [0.15, 0.2) is 0 Å². The lowest BCUT2D eigenvalue weighted by molar-refractivity contribution is 0.130. The van der Waals surface area contributed by atoms with Crippen molar-refractivity contribution in [3.05, 3.63) is 30.3 Å². The van der Waals surface area contributed by atoms with Gasteiger partial charge < -0.3 is 5.11 Å². The maximum atomic E-state index is 12.5. The van der Waals surface area contributed by atoms with Crippen molar-refractivity contribution < 1.29 is 13.5 Å². The molecular formula is C14H18BrNO3S. The van der Waals surface area contributed by atoms with E-state index in [0.29, 0.717) is 6.42 Å². The fourth-order valence-electron chi connectivity index (χ4n) is 3.68. The lowest BCUT2D eigenvalue weighted by Crippen LogP contribution is -2.55. The second kappa shape index (κ2) is 4.80. The van der Waals surface area contributed by atoms with Crippen LogP contribution in [0.4, 0.5) is 0 Å². The average molecular weight is 360 g/mol. The van der Waals surface area contributed by atoms with Gasteiger partial charge >= 0.3 is 0 Å². The molecule has 2 bridgehead atoms. The number of fused-ring (bicyclic) bond motifs is 2. The van der Waals surface area contributed by atoms with Crippen molar-refractivity contribution in [3.8, 4) is 0 Å². The average Bonchev–Trinajstić information content (AvgIpc) is 2.93. The van der Waals surface area contributed by atoms with E-state index in [2.05, 4.69) is 20.7 Å². The molecule has 2 aliphatic carbocycles. The summed E-state index contributed by atoms with van der Waals surface area (Å²) < 4.78 is 27.8. The number of hydrogen-bond acceptors (Lipinski definition) is 3. The summed E-state index contributed by atoms with van der Waals surface area (Å²) in [7, 11) is -3.59. The van der Waals surface area contributed by atoms with E-state index in [0.717, 1.165) is 19.3 Å². The van der Waals surface area contributed by atoms with Crippen molar-refractivity contribution in [1.29, 1.82) is 0 Å². The van der Waals surface area contributed by atoms with E-state index in [-0.39, 0.29) is 21.7 Å². The normalized spacial score (nSPS) is 36.4. The number of alkyl halides is 1. The van der Waals surface area contributed by atoms with Crippen LogP contribution < -0.4 is 4.72 Å². The molecule has 6 heteroatoms. The molecule has 3 atom stereocenters. The SMILES string of the molecule is O=S(=O)(NC1(CO)CC2(Br)CCC1C2)c1ccccc1. The molecule has 1 aromatic carbocycles. The van der Waals surface area contributed by atoms with E-state index in [4.69, 9.17) is 0 Å². The first kappa shape index (κ1) is 14.5. The highest BCUT2D eigenvalue weighted by Crippen LogP contribution is 2.57. The van der Waals surface area contributed by atoms with Crippen LogP contribution in [0.15, 0.2) is 35.2 Å². The maximum Gasteiger partial charge on any atom is 0.241 e. The first-order valence-corrected chi connectivity index (χ1v) is 9.06. The Bertz CT molecular complexity index is 606. The van der Waals surface area contributed by atoms with E-state index in [9.17, 15) is 13.5 Å². The fraction of sp³-hybridized carbons (Fsp3) is 0.571. The Labute approximate surface area is 127 Å². The Hall–Kier alpha value is -0.430. The van der Waals surface area contributed by atoms with Crippen molar-refractivity contribution >= 4 is 26.0 Å². The summed E-state index contributed by atoms with van der Waals surface area (Å²) in [4.78, 5) is 0.249. The van der Waals surface area contributed by atoms with Gasteiger partial charge in [0.05, 0.1) is 17.0 Å². The zero-order chi connectivity index (χ0) is 14.4. The molecule has 0 heterocycles. The highest BCUT2D eigenvalue weighted by molar-refractivity contribution is 9.10. The van der Waals surface area contributed by atoms with Crippen LogP contribution >= 0.6 is 15.9 Å². The van der Waals surface area contributed by atoms with E-state index in [1.807, 2.05) is 0 Å². The zero-order valence-corrected chi connectivity index (χ0v) is 13.5. The van der Waals surface area contributed by atoms with Crippen LogP contribution in [0.2, 0.25) is 0 Å². The van der Waals surface area contributed by atoms with Crippen LogP contribution in [0.3, 0.4) is 0 Å². The number of halogens is 1. The summed E-state index contributed by atoms with van der Waals surface area (Å²) in [5.74, 6) is 0.199. The summed E-state index contributed by atoms with van der Waals surface area (Å²) in [6, 6.07) is 8.33. The lowest BCUT2D eigenvalue weighted by atomic mass is 9.82. The maximum absolute atomic E-state index is 12.5. The summed E-state index contributed by atoms with van der Waals surface area (Å²) in [6.45, 7) is -0.156. The van der Waals surface area contributed by atoms with E-state index >= 15 is 0 Å².